The number of fused-ring (bicyclic) bond motifs is 6. The number of aromatic nitrogens is 2. The van der Waals surface area contributed by atoms with Crippen molar-refractivity contribution < 1.29 is 14.3 Å². The summed E-state index contributed by atoms with van der Waals surface area (Å²) >= 11 is 0.920. The lowest BCUT2D eigenvalue weighted by molar-refractivity contribution is -0.152. The molecular weight excluding hydrogens is 701 g/mol. The van der Waals surface area contributed by atoms with Crippen molar-refractivity contribution in [1.82, 2.24) is 9.55 Å². The molecule has 4 aliphatic carbocycles. The van der Waals surface area contributed by atoms with Crippen molar-refractivity contribution in [1.29, 1.82) is 0 Å². The Morgan fingerprint density at radius 1 is 0.945 bits per heavy atom. The van der Waals surface area contributed by atoms with E-state index in [0.717, 1.165) is 78.0 Å². The molecule has 1 aromatic heterocycles. The standard InChI is InChI=1S/C48H64N2O4S/c1-8-33(30(2)3)16-15-32(5)39-21-22-40-37-20-17-34-29-36(25-27-47(34,6)41(37)26-28-48(39,40)7)54-43(51)23-24-44(52)55-46-49-42-12-10-9-11-38(42)45(53)50(46)35-18-13-31(4)14-19-35/h9-14,17-19,30,32-33,36-37,39-41H,8,15-16,20-29H2,1-7H3/t32-,33-,36+,37+,39-,40+,41+,47+,48-/m1/s1. The van der Waals surface area contributed by atoms with Crippen molar-refractivity contribution >= 4 is 33.7 Å². The van der Waals surface area contributed by atoms with E-state index in [1.807, 2.05) is 43.3 Å². The summed E-state index contributed by atoms with van der Waals surface area (Å²) in [5.74, 6) is 5.28. The first-order chi connectivity index (χ1) is 26.3. The number of esters is 1. The third kappa shape index (κ3) is 7.90. The van der Waals surface area contributed by atoms with Crippen LogP contribution in [-0.4, -0.2) is 26.7 Å². The van der Waals surface area contributed by atoms with E-state index in [9.17, 15) is 14.4 Å². The minimum absolute atomic E-state index is 0.0160. The van der Waals surface area contributed by atoms with E-state index in [-0.39, 0.29) is 41.0 Å². The van der Waals surface area contributed by atoms with E-state index >= 15 is 0 Å². The Labute approximate surface area is 333 Å². The molecule has 55 heavy (non-hydrogen) atoms. The van der Waals surface area contributed by atoms with Gasteiger partial charge in [-0.2, -0.15) is 0 Å². The summed E-state index contributed by atoms with van der Waals surface area (Å²) in [4.78, 5) is 44.8. The van der Waals surface area contributed by atoms with Crippen LogP contribution >= 0.6 is 11.8 Å². The molecule has 0 spiro atoms. The lowest BCUT2D eigenvalue weighted by Crippen LogP contribution is -2.51. The van der Waals surface area contributed by atoms with Gasteiger partial charge in [-0.3, -0.25) is 19.0 Å². The zero-order chi connectivity index (χ0) is 39.1. The second kappa shape index (κ2) is 16.3. The Hall–Kier alpha value is -3.19. The van der Waals surface area contributed by atoms with Crippen LogP contribution in [0.25, 0.3) is 16.6 Å². The minimum atomic E-state index is -0.322. The van der Waals surface area contributed by atoms with Crippen LogP contribution in [0.5, 0.6) is 0 Å². The average Bonchev–Trinajstić information content (AvgIpc) is 3.52. The van der Waals surface area contributed by atoms with E-state index in [1.54, 1.807) is 12.1 Å². The molecule has 7 rings (SSSR count). The number of carbonyl (C=O) groups is 2. The lowest BCUT2D eigenvalue weighted by Gasteiger charge is -2.58. The molecule has 3 aromatic rings. The molecule has 9 atom stereocenters. The van der Waals surface area contributed by atoms with Crippen LogP contribution in [0.1, 0.15) is 131 Å². The Morgan fingerprint density at radius 2 is 1.71 bits per heavy atom. The van der Waals surface area contributed by atoms with Gasteiger partial charge in [0.25, 0.3) is 5.56 Å². The second-order valence-electron chi connectivity index (χ2n) is 18.7. The van der Waals surface area contributed by atoms with E-state index in [2.05, 4.69) is 47.6 Å². The Morgan fingerprint density at radius 3 is 2.45 bits per heavy atom. The van der Waals surface area contributed by atoms with Gasteiger partial charge in [0.2, 0.25) is 0 Å². The maximum absolute atomic E-state index is 13.6. The summed E-state index contributed by atoms with van der Waals surface area (Å²) in [6.45, 7) is 16.9. The number of nitrogens with zero attached hydrogens (tertiary/aromatic N) is 2. The molecule has 296 valence electrons. The molecule has 0 bridgehead atoms. The molecule has 0 radical (unpaired) electrons. The molecule has 0 saturated heterocycles. The summed E-state index contributed by atoms with van der Waals surface area (Å²) in [7, 11) is 0. The highest BCUT2D eigenvalue weighted by Crippen LogP contribution is 2.67. The average molecular weight is 765 g/mol. The normalized spacial score (nSPS) is 29.9. The van der Waals surface area contributed by atoms with Crippen molar-refractivity contribution in [2.45, 2.75) is 143 Å². The number of ether oxygens (including phenoxy) is 1. The molecule has 0 unspecified atom stereocenters. The van der Waals surface area contributed by atoms with Crippen LogP contribution in [0.15, 0.2) is 70.1 Å². The van der Waals surface area contributed by atoms with Crippen molar-refractivity contribution in [2.75, 3.05) is 0 Å². The number of aryl methyl sites for hydroxylation is 1. The van der Waals surface area contributed by atoms with Crippen LogP contribution in [0.2, 0.25) is 0 Å². The minimum Gasteiger partial charge on any atom is -0.462 e. The molecule has 0 amide bonds. The monoisotopic (exact) mass is 764 g/mol. The summed E-state index contributed by atoms with van der Waals surface area (Å²) < 4.78 is 7.58. The summed E-state index contributed by atoms with van der Waals surface area (Å²) in [5.41, 5.74) is 4.20. The number of hydrogen-bond donors (Lipinski definition) is 0. The fraction of sp³-hybridized carbons (Fsp3) is 0.625. The molecule has 1 heterocycles. The topological polar surface area (TPSA) is 78.3 Å². The van der Waals surface area contributed by atoms with Gasteiger partial charge >= 0.3 is 5.97 Å². The smallest absolute Gasteiger partial charge is 0.306 e. The maximum Gasteiger partial charge on any atom is 0.306 e. The molecule has 7 heteroatoms. The fourth-order valence-corrected chi connectivity index (χ4v) is 12.9. The summed E-state index contributed by atoms with van der Waals surface area (Å²) in [6.07, 6.45) is 15.9. The Bertz CT molecular complexity index is 1970. The number of thioether (sulfide) groups is 1. The quantitative estimate of drug-likeness (QED) is 0.0791. The lowest BCUT2D eigenvalue weighted by atomic mass is 9.47. The predicted molar refractivity (Wildman–Crippen MR) is 224 cm³/mol. The maximum atomic E-state index is 13.6. The Kier molecular flexibility index (Phi) is 11.9. The zero-order valence-electron chi connectivity index (χ0n) is 34.4. The second-order valence-corrected chi connectivity index (χ2v) is 19.7. The number of hydrogen-bond acceptors (Lipinski definition) is 6. The van der Waals surface area contributed by atoms with Crippen LogP contribution in [-0.2, 0) is 14.3 Å². The van der Waals surface area contributed by atoms with Gasteiger partial charge in [0.1, 0.15) is 6.10 Å². The molecule has 4 aliphatic rings. The van der Waals surface area contributed by atoms with E-state index in [0.29, 0.717) is 27.2 Å². The van der Waals surface area contributed by atoms with Crippen LogP contribution < -0.4 is 5.56 Å². The first-order valence-electron chi connectivity index (χ1n) is 21.5. The van der Waals surface area contributed by atoms with E-state index < -0.39 is 0 Å². The van der Waals surface area contributed by atoms with Gasteiger partial charge in [-0.1, -0.05) is 95.9 Å². The van der Waals surface area contributed by atoms with E-state index in [4.69, 9.17) is 9.72 Å². The first-order valence-corrected chi connectivity index (χ1v) is 22.3. The van der Waals surface area contributed by atoms with E-state index in [1.165, 1.54) is 61.5 Å². The number of benzene rings is 2. The highest BCUT2D eigenvalue weighted by Gasteiger charge is 2.59. The number of rotatable bonds is 12. The highest BCUT2D eigenvalue weighted by atomic mass is 32.2. The van der Waals surface area contributed by atoms with Crippen LogP contribution in [0.4, 0.5) is 0 Å². The van der Waals surface area contributed by atoms with Gasteiger partial charge in [0.05, 0.1) is 23.0 Å². The first kappa shape index (κ1) is 40.0. The predicted octanol–water partition coefficient (Wildman–Crippen LogP) is 11.7. The summed E-state index contributed by atoms with van der Waals surface area (Å²) in [6, 6.07) is 14.8. The molecule has 3 saturated carbocycles. The molecule has 6 nitrogen and oxygen atoms in total. The van der Waals surface area contributed by atoms with Crippen molar-refractivity contribution in [2.24, 2.45) is 52.3 Å². The van der Waals surface area contributed by atoms with Gasteiger partial charge in [0, 0.05) is 12.8 Å². The zero-order valence-corrected chi connectivity index (χ0v) is 35.3. The molecule has 0 aliphatic heterocycles. The van der Waals surface area contributed by atoms with Gasteiger partial charge in [0.15, 0.2) is 10.3 Å². The SMILES string of the molecule is CC[C@H](CC[C@@H](C)[C@H]1CC[C@H]2[C@@H]3CC=C4C[C@@H](OC(=O)CCC(=O)Sc5nc6ccccc6c(=O)n5-c5ccc(C)cc5)CC[C@]4(C)[C@H]3CC[C@]12C)C(C)C. The Balaban J connectivity index is 0.951. The molecular formula is C48H64N2O4S. The largest absolute Gasteiger partial charge is 0.462 e. The van der Waals surface area contributed by atoms with Gasteiger partial charge < -0.3 is 4.74 Å². The van der Waals surface area contributed by atoms with Crippen molar-refractivity contribution in [3.8, 4) is 5.69 Å². The molecule has 0 N–H and O–H groups in total. The summed E-state index contributed by atoms with van der Waals surface area (Å²) in [5, 5.41) is 0.579. The number of para-hydroxylation sites is 1. The number of allylic oxidation sites excluding steroid dienone is 1. The van der Waals surface area contributed by atoms with Gasteiger partial charge in [-0.05, 0) is 147 Å². The highest BCUT2D eigenvalue weighted by molar-refractivity contribution is 8.13. The van der Waals surface area contributed by atoms with Crippen molar-refractivity contribution in [3.05, 3.63) is 76.1 Å². The number of carbonyl (C=O) groups excluding carboxylic acids is 2. The van der Waals surface area contributed by atoms with Crippen LogP contribution in [0, 0.1) is 59.2 Å². The van der Waals surface area contributed by atoms with Gasteiger partial charge in [-0.15, -0.1) is 0 Å². The fourth-order valence-electron chi connectivity index (χ4n) is 12.1. The molecule has 3 fully saturated rings. The molecule has 2 aromatic carbocycles. The van der Waals surface area contributed by atoms with Gasteiger partial charge in [-0.25, -0.2) is 4.98 Å². The van der Waals surface area contributed by atoms with Crippen LogP contribution in [0.3, 0.4) is 0 Å². The van der Waals surface area contributed by atoms with Crippen molar-refractivity contribution in [3.63, 3.8) is 0 Å². The third-order valence-corrected chi connectivity index (χ3v) is 16.2. The third-order valence-electron chi connectivity index (χ3n) is 15.4.